The molecule has 1 aromatic rings. The molecule has 22 heavy (non-hydrogen) atoms. The molecule has 0 amide bonds. The Morgan fingerprint density at radius 2 is 1.86 bits per heavy atom. The molecule has 0 N–H and O–H groups in total. The Labute approximate surface area is 130 Å². The van der Waals surface area contributed by atoms with Crippen molar-refractivity contribution < 1.29 is 12.8 Å². The van der Waals surface area contributed by atoms with E-state index in [0.717, 1.165) is 26.2 Å². The first-order valence-corrected chi connectivity index (χ1v) is 9.24. The number of halogens is 1. The van der Waals surface area contributed by atoms with Gasteiger partial charge in [-0.3, -0.25) is 9.80 Å². The van der Waals surface area contributed by atoms with Crippen molar-refractivity contribution in [1.82, 2.24) is 9.80 Å². The van der Waals surface area contributed by atoms with Crippen molar-refractivity contribution in [3.05, 3.63) is 35.1 Å². The minimum absolute atomic E-state index is 0.176. The molecular weight excluding hydrogens is 305 g/mol. The first-order valence-electron chi connectivity index (χ1n) is 7.18. The van der Waals surface area contributed by atoms with Gasteiger partial charge in [-0.15, -0.1) is 0 Å². The van der Waals surface area contributed by atoms with Crippen LogP contribution in [0.1, 0.15) is 11.1 Å². The zero-order chi connectivity index (χ0) is 16.2. The molecule has 1 fully saturated rings. The molecule has 0 saturated carbocycles. The van der Waals surface area contributed by atoms with Crippen LogP contribution in [0.3, 0.4) is 0 Å². The molecule has 2 rings (SSSR count). The predicted octanol–water partition coefficient (Wildman–Crippen LogP) is 0.860. The van der Waals surface area contributed by atoms with Crippen LogP contribution in [-0.2, 0) is 16.4 Å². The largest absolute Gasteiger partial charge is 0.300 e. The van der Waals surface area contributed by atoms with Crippen LogP contribution >= 0.6 is 0 Å². The van der Waals surface area contributed by atoms with Gasteiger partial charge in [-0.2, -0.15) is 5.26 Å². The fraction of sp³-hybridized carbons (Fsp3) is 0.533. The van der Waals surface area contributed by atoms with Crippen molar-refractivity contribution in [2.24, 2.45) is 0 Å². The molecule has 0 unspecified atom stereocenters. The second-order valence-corrected chi connectivity index (χ2v) is 7.92. The van der Waals surface area contributed by atoms with Gasteiger partial charge in [0.2, 0.25) is 0 Å². The van der Waals surface area contributed by atoms with Crippen molar-refractivity contribution in [3.63, 3.8) is 0 Å². The van der Waals surface area contributed by atoms with Crippen molar-refractivity contribution in [2.45, 2.75) is 6.54 Å². The molecular formula is C15H20FN3O2S. The van der Waals surface area contributed by atoms with E-state index >= 15 is 0 Å². The van der Waals surface area contributed by atoms with Gasteiger partial charge in [0.1, 0.15) is 15.7 Å². The van der Waals surface area contributed by atoms with E-state index in [-0.39, 0.29) is 11.6 Å². The Morgan fingerprint density at radius 3 is 2.45 bits per heavy atom. The van der Waals surface area contributed by atoms with Gasteiger partial charge in [-0.1, -0.05) is 0 Å². The maximum atomic E-state index is 13.3. The van der Waals surface area contributed by atoms with Gasteiger partial charge in [-0.25, -0.2) is 12.8 Å². The number of piperazine rings is 1. The highest BCUT2D eigenvalue weighted by atomic mass is 32.2. The number of nitrogens with zero attached hydrogens (tertiary/aromatic N) is 3. The molecule has 1 aliphatic heterocycles. The van der Waals surface area contributed by atoms with Crippen molar-refractivity contribution in [3.8, 4) is 6.07 Å². The van der Waals surface area contributed by atoms with Gasteiger partial charge in [0.15, 0.2) is 0 Å². The first kappa shape index (κ1) is 16.9. The lowest BCUT2D eigenvalue weighted by molar-refractivity contribution is 0.132. The Hall–Kier alpha value is -1.49. The molecule has 0 atom stereocenters. The van der Waals surface area contributed by atoms with Crippen LogP contribution in [0, 0.1) is 17.1 Å². The summed E-state index contributed by atoms with van der Waals surface area (Å²) in [5, 5.41) is 9.07. The topological polar surface area (TPSA) is 64.4 Å². The molecule has 1 aliphatic rings. The van der Waals surface area contributed by atoms with E-state index in [2.05, 4.69) is 15.9 Å². The van der Waals surface area contributed by atoms with Crippen LogP contribution in [0.15, 0.2) is 18.2 Å². The molecule has 5 nitrogen and oxygen atoms in total. The Kier molecular flexibility index (Phi) is 5.51. The van der Waals surface area contributed by atoms with E-state index in [9.17, 15) is 12.8 Å². The third kappa shape index (κ3) is 5.05. The molecule has 1 heterocycles. The summed E-state index contributed by atoms with van der Waals surface area (Å²) in [6.07, 6.45) is 1.25. The summed E-state index contributed by atoms with van der Waals surface area (Å²) in [4.78, 5) is 4.28. The third-order valence-electron chi connectivity index (χ3n) is 3.82. The number of benzene rings is 1. The highest BCUT2D eigenvalue weighted by Gasteiger charge is 2.19. The van der Waals surface area contributed by atoms with E-state index in [1.54, 1.807) is 0 Å². The summed E-state index contributed by atoms with van der Waals surface area (Å²) in [5.41, 5.74) is 1.20. The first-order chi connectivity index (χ1) is 10.4. The van der Waals surface area contributed by atoms with Gasteiger partial charge < -0.3 is 0 Å². The fourth-order valence-electron chi connectivity index (χ4n) is 2.51. The SMILES string of the molecule is CS(=O)(=O)CCN1CCN(Cc2cc(F)ccc2C#N)CC1. The van der Waals surface area contributed by atoms with Gasteiger partial charge >= 0.3 is 0 Å². The van der Waals surface area contributed by atoms with Crippen LogP contribution in [0.4, 0.5) is 4.39 Å². The van der Waals surface area contributed by atoms with Crippen LogP contribution in [-0.4, -0.2) is 63.0 Å². The predicted molar refractivity (Wildman–Crippen MR) is 82.5 cm³/mol. The smallest absolute Gasteiger partial charge is 0.148 e. The molecule has 0 radical (unpaired) electrons. The summed E-state index contributed by atoms with van der Waals surface area (Å²) >= 11 is 0. The Balaban J connectivity index is 1.88. The number of nitriles is 1. The highest BCUT2D eigenvalue weighted by molar-refractivity contribution is 7.90. The maximum Gasteiger partial charge on any atom is 0.148 e. The number of hydrogen-bond donors (Lipinski definition) is 0. The summed E-state index contributed by atoms with van der Waals surface area (Å²) in [7, 11) is -2.93. The van der Waals surface area contributed by atoms with Crippen molar-refractivity contribution in [1.29, 1.82) is 5.26 Å². The normalized spacial score (nSPS) is 17.3. The Bertz CT molecular complexity index is 662. The molecule has 0 aliphatic carbocycles. The van der Waals surface area contributed by atoms with Crippen LogP contribution in [0.25, 0.3) is 0 Å². The van der Waals surface area contributed by atoms with E-state index < -0.39 is 9.84 Å². The average molecular weight is 325 g/mol. The van der Waals surface area contributed by atoms with Crippen LogP contribution in [0.2, 0.25) is 0 Å². The zero-order valence-corrected chi connectivity index (χ0v) is 13.4. The third-order valence-corrected chi connectivity index (χ3v) is 4.75. The lowest BCUT2D eigenvalue weighted by Crippen LogP contribution is -2.47. The maximum absolute atomic E-state index is 13.3. The number of sulfone groups is 1. The van der Waals surface area contributed by atoms with E-state index in [4.69, 9.17) is 5.26 Å². The molecule has 0 spiro atoms. The summed E-state index contributed by atoms with van der Waals surface area (Å²) in [5.74, 6) is -0.157. The minimum Gasteiger partial charge on any atom is -0.300 e. The average Bonchev–Trinajstić information content (AvgIpc) is 2.46. The molecule has 7 heteroatoms. The molecule has 120 valence electrons. The van der Waals surface area contributed by atoms with Gasteiger partial charge in [0.05, 0.1) is 17.4 Å². The molecule has 0 aromatic heterocycles. The lowest BCUT2D eigenvalue weighted by Gasteiger charge is -2.34. The monoisotopic (exact) mass is 325 g/mol. The van der Waals surface area contributed by atoms with Gasteiger partial charge in [0, 0.05) is 45.5 Å². The lowest BCUT2D eigenvalue weighted by atomic mass is 10.1. The number of hydrogen-bond acceptors (Lipinski definition) is 5. The second kappa shape index (κ2) is 7.18. The molecule has 1 aromatic carbocycles. The van der Waals surface area contributed by atoms with Gasteiger partial charge in [-0.05, 0) is 23.8 Å². The fourth-order valence-corrected chi connectivity index (χ4v) is 3.10. The highest BCUT2D eigenvalue weighted by Crippen LogP contribution is 2.14. The van der Waals surface area contributed by atoms with E-state index in [1.165, 1.54) is 24.5 Å². The van der Waals surface area contributed by atoms with E-state index in [0.29, 0.717) is 24.2 Å². The Morgan fingerprint density at radius 1 is 1.23 bits per heavy atom. The summed E-state index contributed by atoms with van der Waals surface area (Å²) in [6.45, 7) is 4.23. The number of rotatable bonds is 5. The summed E-state index contributed by atoms with van der Waals surface area (Å²) < 4.78 is 35.7. The van der Waals surface area contributed by atoms with Crippen LogP contribution < -0.4 is 0 Å². The van der Waals surface area contributed by atoms with Crippen LogP contribution in [0.5, 0.6) is 0 Å². The zero-order valence-electron chi connectivity index (χ0n) is 12.6. The molecule has 1 saturated heterocycles. The standard InChI is InChI=1S/C15H20FN3O2S/c1-22(20,21)9-8-18-4-6-19(7-5-18)12-14-10-15(16)3-2-13(14)11-17/h2-3,10H,4-9,12H2,1H3. The second-order valence-electron chi connectivity index (χ2n) is 5.66. The van der Waals surface area contributed by atoms with Gasteiger partial charge in [0.25, 0.3) is 0 Å². The van der Waals surface area contributed by atoms with Crippen molar-refractivity contribution >= 4 is 9.84 Å². The van der Waals surface area contributed by atoms with E-state index in [1.807, 2.05) is 0 Å². The quantitative estimate of drug-likeness (QED) is 0.803. The summed E-state index contributed by atoms with van der Waals surface area (Å²) in [6, 6.07) is 6.30. The molecule has 0 bridgehead atoms. The minimum atomic E-state index is -2.93. The van der Waals surface area contributed by atoms with Crippen molar-refractivity contribution in [2.75, 3.05) is 44.7 Å².